The van der Waals surface area contributed by atoms with E-state index in [1.54, 1.807) is 24.3 Å². The zero-order chi connectivity index (χ0) is 15.5. The van der Waals surface area contributed by atoms with E-state index in [9.17, 15) is 9.18 Å². The van der Waals surface area contributed by atoms with Gasteiger partial charge in [-0.25, -0.2) is 4.39 Å². The molecular formula is C17H17BrFNO. The molecule has 21 heavy (non-hydrogen) atoms. The highest BCUT2D eigenvalue weighted by atomic mass is 79.9. The predicted molar refractivity (Wildman–Crippen MR) is 85.8 cm³/mol. The van der Waals surface area contributed by atoms with Crippen molar-refractivity contribution in [1.29, 1.82) is 0 Å². The van der Waals surface area contributed by atoms with Gasteiger partial charge in [0.1, 0.15) is 5.82 Å². The molecule has 0 aliphatic rings. The molecule has 0 heterocycles. The topological polar surface area (TPSA) is 29.1 Å². The highest BCUT2D eigenvalue weighted by molar-refractivity contribution is 9.10. The van der Waals surface area contributed by atoms with Crippen molar-refractivity contribution < 1.29 is 9.18 Å². The Labute approximate surface area is 132 Å². The Balaban J connectivity index is 2.04. The lowest BCUT2D eigenvalue weighted by Crippen LogP contribution is -2.45. The molecule has 0 fully saturated rings. The van der Waals surface area contributed by atoms with Gasteiger partial charge in [-0.2, -0.15) is 0 Å². The van der Waals surface area contributed by atoms with Crippen LogP contribution in [0.2, 0.25) is 0 Å². The van der Waals surface area contributed by atoms with Crippen molar-refractivity contribution in [2.24, 2.45) is 0 Å². The molecule has 0 bridgehead atoms. The molecule has 1 amide bonds. The molecule has 0 aliphatic carbocycles. The number of rotatable bonds is 4. The van der Waals surface area contributed by atoms with Gasteiger partial charge in [-0.05, 0) is 62.2 Å². The Hall–Kier alpha value is -1.68. The summed E-state index contributed by atoms with van der Waals surface area (Å²) in [5, 5.41) is 3.01. The minimum absolute atomic E-state index is 0.116. The van der Waals surface area contributed by atoms with Crippen molar-refractivity contribution in [3.8, 4) is 0 Å². The summed E-state index contributed by atoms with van der Waals surface area (Å²) in [5.74, 6) is -0.370. The van der Waals surface area contributed by atoms with Gasteiger partial charge in [0.25, 0.3) is 5.91 Å². The largest absolute Gasteiger partial charge is 0.347 e. The zero-order valence-electron chi connectivity index (χ0n) is 12.0. The number of hydrogen-bond acceptors (Lipinski definition) is 1. The van der Waals surface area contributed by atoms with Gasteiger partial charge >= 0.3 is 0 Å². The van der Waals surface area contributed by atoms with Crippen LogP contribution in [0.4, 0.5) is 4.39 Å². The van der Waals surface area contributed by atoms with Crippen LogP contribution in [0.1, 0.15) is 29.8 Å². The second-order valence-corrected chi connectivity index (χ2v) is 6.56. The number of hydrogen-bond donors (Lipinski definition) is 1. The second-order valence-electron chi connectivity index (χ2n) is 5.65. The van der Waals surface area contributed by atoms with Gasteiger partial charge < -0.3 is 5.32 Å². The van der Waals surface area contributed by atoms with Crippen LogP contribution in [0, 0.1) is 5.82 Å². The fourth-order valence-corrected chi connectivity index (χ4v) is 2.40. The first-order valence-electron chi connectivity index (χ1n) is 6.68. The summed E-state index contributed by atoms with van der Waals surface area (Å²) in [4.78, 5) is 12.2. The lowest BCUT2D eigenvalue weighted by atomic mass is 9.94. The highest BCUT2D eigenvalue weighted by Gasteiger charge is 2.21. The van der Waals surface area contributed by atoms with Gasteiger partial charge in [-0.15, -0.1) is 0 Å². The Morgan fingerprint density at radius 3 is 2.24 bits per heavy atom. The maximum Gasteiger partial charge on any atom is 0.251 e. The standard InChI is InChI=1S/C17H17BrFNO/c1-17(2,11-12-3-9-15(19)10-4-12)20-16(21)13-5-7-14(18)8-6-13/h3-10H,11H2,1-2H3,(H,20,21). The number of carbonyl (C=O) groups is 1. The summed E-state index contributed by atoms with van der Waals surface area (Å²) in [7, 11) is 0. The molecule has 0 saturated carbocycles. The molecule has 2 aromatic rings. The number of amides is 1. The van der Waals surface area contributed by atoms with E-state index in [-0.39, 0.29) is 11.7 Å². The lowest BCUT2D eigenvalue weighted by molar-refractivity contribution is 0.0913. The van der Waals surface area contributed by atoms with E-state index in [0.717, 1.165) is 10.0 Å². The van der Waals surface area contributed by atoms with Crippen LogP contribution < -0.4 is 5.32 Å². The van der Waals surface area contributed by atoms with E-state index >= 15 is 0 Å². The van der Waals surface area contributed by atoms with Crippen LogP contribution in [-0.4, -0.2) is 11.4 Å². The van der Waals surface area contributed by atoms with E-state index in [2.05, 4.69) is 21.2 Å². The number of nitrogens with one attached hydrogen (secondary N) is 1. The van der Waals surface area contributed by atoms with E-state index in [1.807, 2.05) is 26.0 Å². The molecule has 4 heteroatoms. The maximum atomic E-state index is 12.9. The van der Waals surface area contributed by atoms with Gasteiger partial charge in [0.15, 0.2) is 0 Å². The van der Waals surface area contributed by atoms with E-state index in [4.69, 9.17) is 0 Å². The third-order valence-corrected chi connectivity index (χ3v) is 3.65. The predicted octanol–water partition coefficient (Wildman–Crippen LogP) is 4.34. The van der Waals surface area contributed by atoms with Crippen molar-refractivity contribution in [2.45, 2.75) is 25.8 Å². The van der Waals surface area contributed by atoms with Crippen molar-refractivity contribution in [1.82, 2.24) is 5.32 Å². The van der Waals surface area contributed by atoms with Crippen LogP contribution >= 0.6 is 15.9 Å². The van der Waals surface area contributed by atoms with E-state index < -0.39 is 5.54 Å². The number of benzene rings is 2. The summed E-state index contributed by atoms with van der Waals surface area (Å²) >= 11 is 3.34. The molecule has 0 radical (unpaired) electrons. The third-order valence-electron chi connectivity index (χ3n) is 3.12. The van der Waals surface area contributed by atoms with Crippen LogP contribution in [0.3, 0.4) is 0 Å². The molecule has 2 aromatic carbocycles. The quantitative estimate of drug-likeness (QED) is 0.873. The smallest absolute Gasteiger partial charge is 0.251 e. The minimum Gasteiger partial charge on any atom is -0.347 e. The van der Waals surface area contributed by atoms with E-state index in [1.165, 1.54) is 12.1 Å². The van der Waals surface area contributed by atoms with Crippen molar-refractivity contribution in [3.63, 3.8) is 0 Å². The minimum atomic E-state index is -0.415. The summed E-state index contributed by atoms with van der Waals surface area (Å²) in [5.41, 5.74) is 1.19. The molecule has 2 rings (SSSR count). The number of carbonyl (C=O) groups excluding carboxylic acids is 1. The molecule has 0 saturated heterocycles. The fraction of sp³-hybridized carbons (Fsp3) is 0.235. The van der Waals surface area contributed by atoms with Crippen LogP contribution in [0.25, 0.3) is 0 Å². The lowest BCUT2D eigenvalue weighted by Gasteiger charge is -2.26. The average Bonchev–Trinajstić information content (AvgIpc) is 2.41. The summed E-state index contributed by atoms with van der Waals surface area (Å²) < 4.78 is 13.8. The zero-order valence-corrected chi connectivity index (χ0v) is 13.6. The molecule has 0 unspecified atom stereocenters. The first-order chi connectivity index (χ1) is 9.85. The monoisotopic (exact) mass is 349 g/mol. The molecule has 0 spiro atoms. The van der Waals surface area contributed by atoms with Gasteiger partial charge in [-0.3, -0.25) is 4.79 Å². The maximum absolute atomic E-state index is 12.9. The molecular weight excluding hydrogens is 333 g/mol. The Kier molecular flexibility index (Phi) is 4.78. The summed E-state index contributed by atoms with van der Waals surface area (Å²) in [6.45, 7) is 3.90. The second kappa shape index (κ2) is 6.39. The molecule has 0 aliphatic heterocycles. The van der Waals surface area contributed by atoms with Crippen molar-refractivity contribution >= 4 is 21.8 Å². The average molecular weight is 350 g/mol. The SMILES string of the molecule is CC(C)(Cc1ccc(F)cc1)NC(=O)c1ccc(Br)cc1. The van der Waals surface area contributed by atoms with Crippen molar-refractivity contribution in [3.05, 3.63) is 69.9 Å². The van der Waals surface area contributed by atoms with E-state index in [0.29, 0.717) is 12.0 Å². The Bertz CT molecular complexity index is 620. The molecule has 0 atom stereocenters. The van der Waals surface area contributed by atoms with Crippen LogP contribution in [0.5, 0.6) is 0 Å². The van der Waals surface area contributed by atoms with Crippen LogP contribution in [-0.2, 0) is 6.42 Å². The molecule has 0 aromatic heterocycles. The Morgan fingerprint density at radius 2 is 1.67 bits per heavy atom. The normalized spacial score (nSPS) is 11.2. The summed E-state index contributed by atoms with van der Waals surface area (Å²) in [6.07, 6.45) is 0.634. The summed E-state index contributed by atoms with van der Waals surface area (Å²) in [6, 6.07) is 13.6. The third kappa shape index (κ3) is 4.67. The first-order valence-corrected chi connectivity index (χ1v) is 7.47. The van der Waals surface area contributed by atoms with Gasteiger partial charge in [0, 0.05) is 15.6 Å². The van der Waals surface area contributed by atoms with Gasteiger partial charge in [-0.1, -0.05) is 28.1 Å². The first kappa shape index (κ1) is 15.7. The molecule has 1 N–H and O–H groups in total. The van der Waals surface area contributed by atoms with Gasteiger partial charge in [0.05, 0.1) is 0 Å². The van der Waals surface area contributed by atoms with Crippen molar-refractivity contribution in [2.75, 3.05) is 0 Å². The Morgan fingerprint density at radius 1 is 1.10 bits per heavy atom. The van der Waals surface area contributed by atoms with Gasteiger partial charge in [0.2, 0.25) is 0 Å². The number of halogens is 2. The fourth-order valence-electron chi connectivity index (χ4n) is 2.14. The molecule has 110 valence electrons. The van der Waals surface area contributed by atoms with Crippen LogP contribution in [0.15, 0.2) is 53.0 Å². The highest BCUT2D eigenvalue weighted by Crippen LogP contribution is 2.15. The molecule has 2 nitrogen and oxygen atoms in total.